The van der Waals surface area contributed by atoms with Gasteiger partial charge < -0.3 is 9.47 Å². The van der Waals surface area contributed by atoms with E-state index in [0.29, 0.717) is 19.5 Å². The highest BCUT2D eigenvalue weighted by Gasteiger charge is 2.29. The molecule has 6 nitrogen and oxygen atoms in total. The summed E-state index contributed by atoms with van der Waals surface area (Å²) in [5.74, 6) is 0.0859. The quantitative estimate of drug-likeness (QED) is 0.523. The van der Waals surface area contributed by atoms with Crippen LogP contribution in [0.4, 0.5) is 0 Å². The topological polar surface area (TPSA) is 62.6 Å². The Balaban J connectivity index is 2.24. The normalized spacial score (nSPS) is 13.3. The Kier molecular flexibility index (Phi) is 9.07. The van der Waals surface area contributed by atoms with E-state index in [0.717, 1.165) is 11.3 Å². The Morgan fingerprint density at radius 2 is 1.77 bits per heavy atom. The summed E-state index contributed by atoms with van der Waals surface area (Å²) in [7, 11) is -1.82. The van der Waals surface area contributed by atoms with E-state index in [4.69, 9.17) is 0 Å². The van der Waals surface area contributed by atoms with Crippen molar-refractivity contribution >= 4 is 22.0 Å². The molecule has 0 radical (unpaired) electrons. The van der Waals surface area contributed by atoms with Crippen molar-refractivity contribution in [2.75, 3.05) is 13.1 Å². The van der Waals surface area contributed by atoms with E-state index >= 15 is 0 Å². The van der Waals surface area contributed by atoms with Gasteiger partial charge in [-0.2, -0.15) is 4.31 Å². The second kappa shape index (κ2) is 11.3. The molecule has 1 aromatic carbocycles. The maximum Gasteiger partial charge on any atom is 0.238 e. The van der Waals surface area contributed by atoms with Gasteiger partial charge in [0.15, 0.2) is 0 Å². The number of amides is 1. The number of benzene rings is 1. The number of aryl methyl sites for hydroxylation is 1. The van der Waals surface area contributed by atoms with E-state index in [-0.39, 0.29) is 24.4 Å². The van der Waals surface area contributed by atoms with E-state index in [9.17, 15) is 13.2 Å². The van der Waals surface area contributed by atoms with Crippen molar-refractivity contribution in [2.24, 2.45) is 13.0 Å². The SMILES string of the molecule is CCC(C)N(CC(=O)N(Cc1cccn1C)CC(C)C)S(=O)(=O)C=Cc1ccccc1. The first kappa shape index (κ1) is 24.9. The first-order chi connectivity index (χ1) is 14.6. The molecule has 1 heterocycles. The molecule has 0 aliphatic heterocycles. The smallest absolute Gasteiger partial charge is 0.238 e. The lowest BCUT2D eigenvalue weighted by atomic mass is 10.2. The van der Waals surface area contributed by atoms with E-state index in [1.165, 1.54) is 9.71 Å². The van der Waals surface area contributed by atoms with Gasteiger partial charge in [0.1, 0.15) is 0 Å². The summed E-state index contributed by atoms with van der Waals surface area (Å²) in [4.78, 5) is 15.0. The number of rotatable bonds is 11. The molecule has 0 saturated heterocycles. The van der Waals surface area contributed by atoms with Crippen molar-refractivity contribution in [1.82, 2.24) is 13.8 Å². The summed E-state index contributed by atoms with van der Waals surface area (Å²) in [5.41, 5.74) is 1.81. The second-order valence-electron chi connectivity index (χ2n) is 8.34. The van der Waals surface area contributed by atoms with Crippen LogP contribution in [-0.2, 0) is 28.4 Å². The number of hydrogen-bond acceptors (Lipinski definition) is 3. The Labute approximate surface area is 187 Å². The Bertz CT molecular complexity index is 965. The molecule has 0 aliphatic rings. The van der Waals surface area contributed by atoms with Crippen LogP contribution in [0.5, 0.6) is 0 Å². The predicted molar refractivity (Wildman–Crippen MR) is 127 cm³/mol. The maximum atomic E-state index is 13.3. The summed E-state index contributed by atoms with van der Waals surface area (Å²) < 4.78 is 29.5. The molecule has 7 heteroatoms. The summed E-state index contributed by atoms with van der Waals surface area (Å²) in [5, 5.41) is 1.20. The zero-order valence-electron chi connectivity index (χ0n) is 19.2. The molecular formula is C24H35N3O3S. The number of hydrogen-bond donors (Lipinski definition) is 0. The third kappa shape index (κ3) is 7.36. The molecular weight excluding hydrogens is 410 g/mol. The molecule has 0 spiro atoms. The molecule has 0 bridgehead atoms. The van der Waals surface area contributed by atoms with Gasteiger partial charge in [-0.05, 0) is 43.0 Å². The van der Waals surface area contributed by atoms with Gasteiger partial charge in [-0.15, -0.1) is 0 Å². The van der Waals surface area contributed by atoms with Gasteiger partial charge in [-0.3, -0.25) is 4.79 Å². The number of aromatic nitrogens is 1. The standard InChI is InChI=1S/C24H35N3O3S/c1-6-21(4)27(31(29,30)16-14-22-11-8-7-9-12-22)19-24(28)26(17-20(2)3)18-23-13-10-15-25(23)5/h7-16,20-21H,6,17-19H2,1-5H3. The highest BCUT2D eigenvalue weighted by atomic mass is 32.2. The minimum absolute atomic E-state index is 0.173. The summed E-state index contributed by atoms with van der Waals surface area (Å²) in [6, 6.07) is 12.9. The molecule has 0 fully saturated rings. The zero-order valence-corrected chi connectivity index (χ0v) is 20.0. The lowest BCUT2D eigenvalue weighted by Crippen LogP contribution is -2.46. The molecule has 1 atom stereocenters. The lowest BCUT2D eigenvalue weighted by molar-refractivity contribution is -0.133. The second-order valence-corrected chi connectivity index (χ2v) is 10.1. The molecule has 0 saturated carbocycles. The van der Waals surface area contributed by atoms with Crippen molar-refractivity contribution in [3.05, 3.63) is 65.3 Å². The fraction of sp³-hybridized carbons (Fsp3) is 0.458. The van der Waals surface area contributed by atoms with Crippen LogP contribution in [0.3, 0.4) is 0 Å². The van der Waals surface area contributed by atoms with E-state index in [2.05, 4.69) is 13.8 Å². The van der Waals surface area contributed by atoms with Gasteiger partial charge in [-0.1, -0.05) is 51.1 Å². The Hall–Kier alpha value is -2.38. The van der Waals surface area contributed by atoms with Crippen LogP contribution in [0.1, 0.15) is 45.4 Å². The summed E-state index contributed by atoms with van der Waals surface area (Å²) >= 11 is 0. The van der Waals surface area contributed by atoms with Crippen LogP contribution in [0, 0.1) is 5.92 Å². The van der Waals surface area contributed by atoms with Gasteiger partial charge in [0, 0.05) is 36.9 Å². The zero-order chi connectivity index (χ0) is 23.0. The highest BCUT2D eigenvalue weighted by Crippen LogP contribution is 2.16. The highest BCUT2D eigenvalue weighted by molar-refractivity contribution is 7.92. The molecule has 31 heavy (non-hydrogen) atoms. The Morgan fingerprint density at radius 1 is 1.10 bits per heavy atom. The number of sulfonamides is 1. The first-order valence-corrected chi connectivity index (χ1v) is 12.3. The number of carbonyl (C=O) groups is 1. The monoisotopic (exact) mass is 445 g/mol. The van der Waals surface area contributed by atoms with Crippen LogP contribution in [0.15, 0.2) is 54.1 Å². The fourth-order valence-electron chi connectivity index (χ4n) is 3.29. The Morgan fingerprint density at radius 3 is 2.32 bits per heavy atom. The van der Waals surface area contributed by atoms with Gasteiger partial charge in [0.25, 0.3) is 0 Å². The minimum atomic E-state index is -3.76. The van der Waals surface area contributed by atoms with Crippen LogP contribution in [-0.4, -0.2) is 47.2 Å². The molecule has 1 amide bonds. The van der Waals surface area contributed by atoms with Crippen LogP contribution in [0.25, 0.3) is 6.08 Å². The molecule has 2 aromatic rings. The van der Waals surface area contributed by atoms with Crippen molar-refractivity contribution < 1.29 is 13.2 Å². The van der Waals surface area contributed by atoms with Crippen molar-refractivity contribution in [1.29, 1.82) is 0 Å². The maximum absolute atomic E-state index is 13.3. The predicted octanol–water partition coefficient (Wildman–Crippen LogP) is 4.11. The van der Waals surface area contributed by atoms with Crippen LogP contribution >= 0.6 is 0 Å². The van der Waals surface area contributed by atoms with E-state index in [1.54, 1.807) is 11.0 Å². The molecule has 2 rings (SSSR count). The molecule has 0 N–H and O–H groups in total. The van der Waals surface area contributed by atoms with Crippen LogP contribution < -0.4 is 0 Å². The third-order valence-electron chi connectivity index (χ3n) is 5.27. The van der Waals surface area contributed by atoms with Gasteiger partial charge in [-0.25, -0.2) is 8.42 Å². The summed E-state index contributed by atoms with van der Waals surface area (Å²) in [6.07, 6.45) is 4.14. The number of carbonyl (C=O) groups excluding carboxylic acids is 1. The third-order valence-corrected chi connectivity index (χ3v) is 6.90. The van der Waals surface area contributed by atoms with Crippen molar-refractivity contribution in [3.63, 3.8) is 0 Å². The van der Waals surface area contributed by atoms with Crippen molar-refractivity contribution in [3.8, 4) is 0 Å². The average molecular weight is 446 g/mol. The molecule has 0 aliphatic carbocycles. The molecule has 170 valence electrons. The van der Waals surface area contributed by atoms with Gasteiger partial charge in [0.2, 0.25) is 15.9 Å². The van der Waals surface area contributed by atoms with E-state index < -0.39 is 10.0 Å². The largest absolute Gasteiger partial charge is 0.353 e. The van der Waals surface area contributed by atoms with Gasteiger partial charge >= 0.3 is 0 Å². The summed E-state index contributed by atoms with van der Waals surface area (Å²) in [6.45, 7) is 8.72. The molecule has 1 unspecified atom stereocenters. The van der Waals surface area contributed by atoms with Gasteiger partial charge in [0.05, 0.1) is 13.1 Å². The number of nitrogens with zero attached hydrogens (tertiary/aromatic N) is 3. The fourth-order valence-corrected chi connectivity index (χ4v) is 4.72. The lowest BCUT2D eigenvalue weighted by Gasteiger charge is -2.30. The average Bonchev–Trinajstić information content (AvgIpc) is 3.14. The van der Waals surface area contributed by atoms with Crippen molar-refractivity contribution in [2.45, 2.75) is 46.7 Å². The van der Waals surface area contributed by atoms with Crippen LogP contribution in [0.2, 0.25) is 0 Å². The van der Waals surface area contributed by atoms with E-state index in [1.807, 2.05) is 74.1 Å². The minimum Gasteiger partial charge on any atom is -0.353 e. The molecule has 1 aromatic heterocycles. The first-order valence-electron chi connectivity index (χ1n) is 10.8.